The molecule has 3 unspecified atom stereocenters. The zero-order valence-electron chi connectivity index (χ0n) is 13.1. The van der Waals surface area contributed by atoms with E-state index in [0.29, 0.717) is 16.9 Å². The van der Waals surface area contributed by atoms with Crippen LogP contribution in [-0.2, 0) is 6.54 Å². The Morgan fingerprint density at radius 3 is 2.60 bits per heavy atom. The number of benzene rings is 1. The highest BCUT2D eigenvalue weighted by atomic mass is 79.9. The van der Waals surface area contributed by atoms with Crippen molar-refractivity contribution in [1.29, 1.82) is 0 Å². The highest BCUT2D eigenvalue weighted by Gasteiger charge is 2.60. The van der Waals surface area contributed by atoms with E-state index in [1.807, 2.05) is 0 Å². The Morgan fingerprint density at radius 2 is 2.05 bits per heavy atom. The molecule has 0 saturated heterocycles. The molecule has 0 amide bonds. The molecule has 3 atom stereocenters. The Hall–Kier alpha value is -0.340. The van der Waals surface area contributed by atoms with E-state index in [9.17, 15) is 0 Å². The smallest absolute Gasteiger partial charge is 0.0222 e. The van der Waals surface area contributed by atoms with Crippen LogP contribution in [0.15, 0.2) is 22.7 Å². The quantitative estimate of drug-likeness (QED) is 0.813. The molecule has 1 N–H and O–H groups in total. The Kier molecular flexibility index (Phi) is 3.53. The van der Waals surface area contributed by atoms with Crippen LogP contribution < -0.4 is 5.32 Å². The van der Waals surface area contributed by atoms with E-state index in [2.05, 4.69) is 67.1 Å². The maximum absolute atomic E-state index is 3.86. The van der Waals surface area contributed by atoms with E-state index >= 15 is 0 Å². The van der Waals surface area contributed by atoms with Gasteiger partial charge in [-0.15, -0.1) is 0 Å². The molecule has 2 saturated carbocycles. The van der Waals surface area contributed by atoms with Crippen LogP contribution in [0.25, 0.3) is 0 Å². The van der Waals surface area contributed by atoms with Crippen molar-refractivity contribution < 1.29 is 0 Å². The van der Waals surface area contributed by atoms with E-state index in [-0.39, 0.29) is 0 Å². The van der Waals surface area contributed by atoms with Gasteiger partial charge in [-0.3, -0.25) is 0 Å². The predicted molar refractivity (Wildman–Crippen MR) is 88.7 cm³/mol. The van der Waals surface area contributed by atoms with Crippen LogP contribution in [0.1, 0.15) is 51.2 Å². The summed E-state index contributed by atoms with van der Waals surface area (Å²) in [5.41, 5.74) is 3.65. The monoisotopic (exact) mass is 335 g/mol. The minimum Gasteiger partial charge on any atom is -0.309 e. The first-order valence-corrected chi connectivity index (χ1v) is 8.62. The maximum atomic E-state index is 3.86. The lowest BCUT2D eigenvalue weighted by molar-refractivity contribution is 0.120. The van der Waals surface area contributed by atoms with Gasteiger partial charge in [0, 0.05) is 17.1 Å². The van der Waals surface area contributed by atoms with Crippen LogP contribution in [-0.4, -0.2) is 6.04 Å². The fourth-order valence-corrected chi connectivity index (χ4v) is 5.17. The Labute approximate surface area is 131 Å². The fraction of sp³-hybridized carbons (Fsp3) is 0.667. The van der Waals surface area contributed by atoms with Gasteiger partial charge in [-0.05, 0) is 60.1 Å². The van der Waals surface area contributed by atoms with Gasteiger partial charge in [0.1, 0.15) is 0 Å². The third-order valence-electron chi connectivity index (χ3n) is 6.54. The summed E-state index contributed by atoms with van der Waals surface area (Å²) in [4.78, 5) is 0. The van der Waals surface area contributed by atoms with Crippen LogP contribution in [0.2, 0.25) is 0 Å². The van der Waals surface area contributed by atoms with Gasteiger partial charge >= 0.3 is 0 Å². The SMILES string of the molecule is Cc1ccc(CNC2CC3CCC2(C)C3(C)C)c(Br)c1. The molecule has 2 fully saturated rings. The van der Waals surface area contributed by atoms with Gasteiger partial charge in [0.05, 0.1) is 0 Å². The van der Waals surface area contributed by atoms with E-state index < -0.39 is 0 Å². The highest BCUT2D eigenvalue weighted by Crippen LogP contribution is 2.65. The number of aryl methyl sites for hydroxylation is 1. The largest absolute Gasteiger partial charge is 0.309 e. The Balaban J connectivity index is 1.71. The van der Waals surface area contributed by atoms with E-state index in [4.69, 9.17) is 0 Å². The lowest BCUT2D eigenvalue weighted by Gasteiger charge is -2.39. The number of rotatable bonds is 3. The average molecular weight is 336 g/mol. The molecule has 2 aliphatic rings. The summed E-state index contributed by atoms with van der Waals surface area (Å²) in [7, 11) is 0. The van der Waals surface area contributed by atoms with Crippen LogP contribution >= 0.6 is 15.9 Å². The average Bonchev–Trinajstić information content (AvgIpc) is 2.70. The zero-order chi connectivity index (χ0) is 14.5. The van der Waals surface area contributed by atoms with Crippen molar-refractivity contribution in [2.45, 2.75) is 59.5 Å². The standard InChI is InChI=1S/C18H26BrN/c1-12-5-6-13(15(19)9-12)11-20-16-10-14-7-8-18(16,4)17(14,2)3/h5-6,9,14,16,20H,7-8,10-11H2,1-4H3. The lowest BCUT2D eigenvalue weighted by atomic mass is 9.69. The molecule has 0 aliphatic heterocycles. The summed E-state index contributed by atoms with van der Waals surface area (Å²) in [6, 6.07) is 7.33. The Morgan fingerprint density at radius 1 is 1.30 bits per heavy atom. The molecule has 0 heterocycles. The summed E-state index contributed by atoms with van der Waals surface area (Å²) in [6.45, 7) is 10.6. The summed E-state index contributed by atoms with van der Waals surface area (Å²) in [5, 5.41) is 3.86. The Bertz CT molecular complexity index is 522. The van der Waals surface area contributed by atoms with Gasteiger partial charge < -0.3 is 5.32 Å². The lowest BCUT2D eigenvalue weighted by Crippen LogP contribution is -2.44. The minimum atomic E-state index is 0.467. The molecule has 0 spiro atoms. The second-order valence-corrected chi connectivity index (χ2v) is 8.49. The van der Waals surface area contributed by atoms with Gasteiger partial charge in [-0.2, -0.15) is 0 Å². The maximum Gasteiger partial charge on any atom is 0.0222 e. The molecule has 110 valence electrons. The van der Waals surface area contributed by atoms with Crippen molar-refractivity contribution in [3.8, 4) is 0 Å². The second kappa shape index (κ2) is 4.84. The topological polar surface area (TPSA) is 12.0 Å². The predicted octanol–water partition coefficient (Wildman–Crippen LogP) is 5.06. The van der Waals surface area contributed by atoms with Crippen molar-refractivity contribution in [2.75, 3.05) is 0 Å². The fourth-order valence-electron chi connectivity index (χ4n) is 4.54. The molecule has 2 bridgehead atoms. The highest BCUT2D eigenvalue weighted by molar-refractivity contribution is 9.10. The first kappa shape index (κ1) is 14.6. The molecule has 1 aromatic rings. The molecule has 2 heteroatoms. The third kappa shape index (κ3) is 2.07. The normalized spacial score (nSPS) is 34.6. The third-order valence-corrected chi connectivity index (χ3v) is 7.28. The van der Waals surface area contributed by atoms with Gasteiger partial charge in [0.25, 0.3) is 0 Å². The van der Waals surface area contributed by atoms with Crippen LogP contribution in [0, 0.1) is 23.7 Å². The summed E-state index contributed by atoms with van der Waals surface area (Å²) < 4.78 is 1.23. The van der Waals surface area contributed by atoms with Gasteiger partial charge in [0.15, 0.2) is 0 Å². The first-order chi connectivity index (χ1) is 9.34. The van der Waals surface area contributed by atoms with Gasteiger partial charge in [-0.1, -0.05) is 48.8 Å². The molecule has 3 rings (SSSR count). The van der Waals surface area contributed by atoms with Gasteiger partial charge in [-0.25, -0.2) is 0 Å². The molecule has 1 nitrogen and oxygen atoms in total. The zero-order valence-corrected chi connectivity index (χ0v) is 14.7. The minimum absolute atomic E-state index is 0.467. The molecular formula is C18H26BrN. The number of halogens is 1. The van der Waals surface area contributed by atoms with Crippen molar-refractivity contribution in [1.82, 2.24) is 5.32 Å². The van der Waals surface area contributed by atoms with Crippen LogP contribution in [0.4, 0.5) is 0 Å². The number of nitrogens with one attached hydrogen (secondary N) is 1. The van der Waals surface area contributed by atoms with Crippen LogP contribution in [0.5, 0.6) is 0 Å². The molecule has 0 radical (unpaired) electrons. The van der Waals surface area contributed by atoms with Crippen LogP contribution in [0.3, 0.4) is 0 Å². The second-order valence-electron chi connectivity index (χ2n) is 7.64. The van der Waals surface area contributed by atoms with Crippen molar-refractivity contribution in [2.24, 2.45) is 16.7 Å². The van der Waals surface area contributed by atoms with E-state index in [0.717, 1.165) is 12.5 Å². The number of hydrogen-bond acceptors (Lipinski definition) is 1. The first-order valence-electron chi connectivity index (χ1n) is 7.83. The number of fused-ring (bicyclic) bond motifs is 2. The van der Waals surface area contributed by atoms with Crippen molar-refractivity contribution >= 4 is 15.9 Å². The van der Waals surface area contributed by atoms with Crippen molar-refractivity contribution in [3.05, 3.63) is 33.8 Å². The van der Waals surface area contributed by atoms with E-state index in [1.165, 1.54) is 34.9 Å². The summed E-state index contributed by atoms with van der Waals surface area (Å²) in [6.07, 6.45) is 4.17. The van der Waals surface area contributed by atoms with Gasteiger partial charge in [0.2, 0.25) is 0 Å². The number of hydrogen-bond donors (Lipinski definition) is 1. The molecule has 1 aromatic carbocycles. The van der Waals surface area contributed by atoms with Crippen molar-refractivity contribution in [3.63, 3.8) is 0 Å². The van der Waals surface area contributed by atoms with E-state index in [1.54, 1.807) is 0 Å². The summed E-state index contributed by atoms with van der Waals surface area (Å²) >= 11 is 3.69. The molecule has 2 aliphatic carbocycles. The molecule has 0 aromatic heterocycles. The molecule has 20 heavy (non-hydrogen) atoms. The molecular weight excluding hydrogens is 310 g/mol. The summed E-state index contributed by atoms with van der Waals surface area (Å²) in [5.74, 6) is 0.909.